The largest absolute Gasteiger partial charge is 0.396 e. The van der Waals surface area contributed by atoms with E-state index in [9.17, 15) is 4.79 Å². The average molecular weight is 222 g/mol. The van der Waals surface area contributed by atoms with Crippen LogP contribution in [0.4, 0.5) is 5.82 Å². The van der Waals surface area contributed by atoms with Crippen LogP contribution in [0.5, 0.6) is 0 Å². The molecule has 0 amide bonds. The molecular formula is C12H18N2O2. The molecule has 88 valence electrons. The number of aliphatic hydroxyl groups excluding tert-OH is 1. The van der Waals surface area contributed by atoms with Crippen molar-refractivity contribution in [2.75, 3.05) is 24.6 Å². The van der Waals surface area contributed by atoms with Crippen molar-refractivity contribution < 1.29 is 9.90 Å². The van der Waals surface area contributed by atoms with Gasteiger partial charge in [-0.1, -0.05) is 0 Å². The van der Waals surface area contributed by atoms with Crippen LogP contribution in [-0.2, 0) is 0 Å². The van der Waals surface area contributed by atoms with Crippen molar-refractivity contribution in [2.24, 2.45) is 0 Å². The van der Waals surface area contributed by atoms with Gasteiger partial charge in [0.15, 0.2) is 5.78 Å². The number of ketones is 1. The highest BCUT2D eigenvalue weighted by atomic mass is 16.3. The lowest BCUT2D eigenvalue weighted by atomic mass is 10.2. The molecule has 0 aliphatic heterocycles. The van der Waals surface area contributed by atoms with Gasteiger partial charge in [0.05, 0.1) is 0 Å². The molecule has 0 atom stereocenters. The minimum absolute atomic E-state index is 0.0254. The SMILES string of the molecule is CCN(CCCO)c1ccc(C(C)=O)cn1. The number of carbonyl (C=O) groups excluding carboxylic acids is 1. The van der Waals surface area contributed by atoms with Gasteiger partial charge in [0, 0.05) is 31.5 Å². The van der Waals surface area contributed by atoms with E-state index in [4.69, 9.17) is 5.11 Å². The van der Waals surface area contributed by atoms with Crippen LogP contribution in [0, 0.1) is 0 Å². The Hall–Kier alpha value is -1.42. The molecule has 0 aromatic carbocycles. The zero-order chi connectivity index (χ0) is 12.0. The summed E-state index contributed by atoms with van der Waals surface area (Å²) in [5, 5.41) is 8.78. The van der Waals surface area contributed by atoms with Crippen molar-refractivity contribution >= 4 is 11.6 Å². The van der Waals surface area contributed by atoms with Crippen LogP contribution >= 0.6 is 0 Å². The van der Waals surface area contributed by atoms with Gasteiger partial charge in [0.2, 0.25) is 0 Å². The van der Waals surface area contributed by atoms with E-state index in [1.165, 1.54) is 6.92 Å². The van der Waals surface area contributed by atoms with Crippen molar-refractivity contribution in [1.82, 2.24) is 4.98 Å². The monoisotopic (exact) mass is 222 g/mol. The predicted molar refractivity (Wildman–Crippen MR) is 63.8 cm³/mol. The molecule has 1 heterocycles. The van der Waals surface area contributed by atoms with Gasteiger partial charge in [-0.25, -0.2) is 4.98 Å². The molecule has 0 unspecified atom stereocenters. The third kappa shape index (κ3) is 3.31. The maximum Gasteiger partial charge on any atom is 0.161 e. The van der Waals surface area contributed by atoms with Gasteiger partial charge in [-0.3, -0.25) is 4.79 Å². The molecule has 0 aliphatic carbocycles. The molecule has 4 nitrogen and oxygen atoms in total. The fraction of sp³-hybridized carbons (Fsp3) is 0.500. The Bertz CT molecular complexity index is 335. The van der Waals surface area contributed by atoms with Gasteiger partial charge in [0.1, 0.15) is 5.82 Å². The summed E-state index contributed by atoms with van der Waals surface area (Å²) in [7, 11) is 0. The van der Waals surface area contributed by atoms with Crippen molar-refractivity contribution in [3.8, 4) is 0 Å². The molecule has 0 bridgehead atoms. The minimum atomic E-state index is 0.0254. The number of hydrogen-bond acceptors (Lipinski definition) is 4. The van der Waals surface area contributed by atoms with Crippen molar-refractivity contribution in [3.05, 3.63) is 23.9 Å². The van der Waals surface area contributed by atoms with Crippen LogP contribution in [0.15, 0.2) is 18.3 Å². The summed E-state index contributed by atoms with van der Waals surface area (Å²) >= 11 is 0. The Morgan fingerprint density at radius 2 is 2.25 bits per heavy atom. The third-order valence-corrected chi connectivity index (χ3v) is 2.45. The standard InChI is InChI=1S/C12H18N2O2/c1-3-14(7-4-8-15)12-6-5-11(9-13-12)10(2)16/h5-6,9,15H,3-4,7-8H2,1-2H3. The van der Waals surface area contributed by atoms with E-state index in [1.54, 1.807) is 12.3 Å². The predicted octanol–water partition coefficient (Wildman–Crippen LogP) is 1.49. The second-order valence-electron chi connectivity index (χ2n) is 3.62. The minimum Gasteiger partial charge on any atom is -0.396 e. The van der Waals surface area contributed by atoms with Gasteiger partial charge < -0.3 is 10.0 Å². The first-order chi connectivity index (χ1) is 7.69. The lowest BCUT2D eigenvalue weighted by molar-refractivity contribution is 0.101. The normalized spacial score (nSPS) is 10.2. The molecular weight excluding hydrogens is 204 g/mol. The van der Waals surface area contributed by atoms with E-state index in [0.29, 0.717) is 5.56 Å². The lowest BCUT2D eigenvalue weighted by Crippen LogP contribution is -2.25. The summed E-state index contributed by atoms with van der Waals surface area (Å²) in [6.45, 7) is 5.37. The van der Waals surface area contributed by atoms with Crippen LogP contribution in [-0.4, -0.2) is 35.6 Å². The molecule has 1 aromatic heterocycles. The number of hydrogen-bond donors (Lipinski definition) is 1. The van der Waals surface area contributed by atoms with Gasteiger partial charge in [0.25, 0.3) is 0 Å². The number of carbonyl (C=O) groups is 1. The number of pyridine rings is 1. The molecule has 1 aromatic rings. The smallest absolute Gasteiger partial charge is 0.161 e. The maximum atomic E-state index is 11.1. The van der Waals surface area contributed by atoms with E-state index in [1.807, 2.05) is 13.0 Å². The van der Waals surface area contributed by atoms with Crippen LogP contribution in [0.2, 0.25) is 0 Å². The average Bonchev–Trinajstić information content (AvgIpc) is 2.30. The quantitative estimate of drug-likeness (QED) is 0.741. The number of nitrogens with zero attached hydrogens (tertiary/aromatic N) is 2. The molecule has 0 fully saturated rings. The van der Waals surface area contributed by atoms with Crippen LogP contribution in [0.25, 0.3) is 0 Å². The molecule has 0 aliphatic rings. The van der Waals surface area contributed by atoms with Crippen LogP contribution < -0.4 is 4.90 Å². The first-order valence-corrected chi connectivity index (χ1v) is 5.51. The van der Waals surface area contributed by atoms with E-state index in [0.717, 1.165) is 25.3 Å². The molecule has 0 saturated carbocycles. The highest BCUT2D eigenvalue weighted by Gasteiger charge is 2.06. The highest BCUT2D eigenvalue weighted by Crippen LogP contribution is 2.11. The Morgan fingerprint density at radius 1 is 1.50 bits per heavy atom. The summed E-state index contributed by atoms with van der Waals surface area (Å²) in [6, 6.07) is 3.63. The topological polar surface area (TPSA) is 53.4 Å². The second-order valence-corrected chi connectivity index (χ2v) is 3.62. The van der Waals surface area contributed by atoms with E-state index in [-0.39, 0.29) is 12.4 Å². The zero-order valence-corrected chi connectivity index (χ0v) is 9.81. The lowest BCUT2D eigenvalue weighted by Gasteiger charge is -2.21. The van der Waals surface area contributed by atoms with Gasteiger partial charge in [-0.15, -0.1) is 0 Å². The Kier molecular flexibility index (Phi) is 4.92. The Labute approximate surface area is 95.9 Å². The molecule has 0 spiro atoms. The molecule has 1 rings (SSSR count). The Morgan fingerprint density at radius 3 is 2.69 bits per heavy atom. The number of aromatic nitrogens is 1. The molecule has 4 heteroatoms. The summed E-state index contributed by atoms with van der Waals surface area (Å²) < 4.78 is 0. The van der Waals surface area contributed by atoms with Crippen molar-refractivity contribution in [3.63, 3.8) is 0 Å². The Balaban J connectivity index is 2.74. The number of rotatable bonds is 6. The highest BCUT2D eigenvalue weighted by molar-refractivity contribution is 5.93. The second kappa shape index (κ2) is 6.23. The molecule has 0 radical (unpaired) electrons. The first kappa shape index (κ1) is 12.6. The first-order valence-electron chi connectivity index (χ1n) is 5.51. The molecule has 0 saturated heterocycles. The molecule has 16 heavy (non-hydrogen) atoms. The number of Topliss-reactive ketones (excluding diaryl/α,β-unsaturated/α-hetero) is 1. The summed E-state index contributed by atoms with van der Waals surface area (Å²) in [5.41, 5.74) is 0.627. The van der Waals surface area contributed by atoms with E-state index in [2.05, 4.69) is 9.88 Å². The number of aliphatic hydroxyl groups is 1. The number of anilines is 1. The van der Waals surface area contributed by atoms with Crippen molar-refractivity contribution in [1.29, 1.82) is 0 Å². The summed E-state index contributed by atoms with van der Waals surface area (Å²) in [5.74, 6) is 0.874. The third-order valence-electron chi connectivity index (χ3n) is 2.45. The molecule has 1 N–H and O–H groups in total. The van der Waals surface area contributed by atoms with E-state index < -0.39 is 0 Å². The van der Waals surface area contributed by atoms with Crippen LogP contribution in [0.3, 0.4) is 0 Å². The summed E-state index contributed by atoms with van der Waals surface area (Å²) in [4.78, 5) is 17.4. The van der Waals surface area contributed by atoms with Gasteiger partial charge >= 0.3 is 0 Å². The van der Waals surface area contributed by atoms with Gasteiger partial charge in [-0.05, 0) is 32.4 Å². The van der Waals surface area contributed by atoms with Crippen LogP contribution in [0.1, 0.15) is 30.6 Å². The maximum absolute atomic E-state index is 11.1. The summed E-state index contributed by atoms with van der Waals surface area (Å²) in [6.07, 6.45) is 2.32. The fourth-order valence-corrected chi connectivity index (χ4v) is 1.48. The zero-order valence-electron chi connectivity index (χ0n) is 9.81. The fourth-order valence-electron chi connectivity index (χ4n) is 1.48. The van der Waals surface area contributed by atoms with Gasteiger partial charge in [-0.2, -0.15) is 0 Å². The van der Waals surface area contributed by atoms with Crippen molar-refractivity contribution in [2.45, 2.75) is 20.3 Å². The van der Waals surface area contributed by atoms with E-state index >= 15 is 0 Å².